The van der Waals surface area contributed by atoms with E-state index in [0.29, 0.717) is 12.3 Å². The second-order valence-electron chi connectivity index (χ2n) is 6.90. The fourth-order valence-electron chi connectivity index (χ4n) is 3.56. The molecule has 148 valence electrons. The molecule has 2 aliphatic rings. The van der Waals surface area contributed by atoms with E-state index in [1.54, 1.807) is 0 Å². The Bertz CT molecular complexity index is 542. The molecule has 0 atom stereocenters. The Morgan fingerprint density at radius 3 is 2.54 bits per heavy atom. The van der Waals surface area contributed by atoms with Crippen LogP contribution in [0.15, 0.2) is 24.3 Å². The van der Waals surface area contributed by atoms with Crippen molar-refractivity contribution in [1.82, 2.24) is 15.1 Å². The van der Waals surface area contributed by atoms with Crippen molar-refractivity contribution in [2.75, 3.05) is 63.8 Å². The van der Waals surface area contributed by atoms with E-state index in [2.05, 4.69) is 46.3 Å². The van der Waals surface area contributed by atoms with Crippen LogP contribution >= 0.6 is 24.8 Å². The molecule has 2 fully saturated rings. The van der Waals surface area contributed by atoms with Crippen LogP contribution in [-0.4, -0.2) is 74.6 Å². The summed E-state index contributed by atoms with van der Waals surface area (Å²) < 4.78 is 0. The van der Waals surface area contributed by atoms with Gasteiger partial charge in [0.2, 0.25) is 5.91 Å². The zero-order valence-corrected chi connectivity index (χ0v) is 17.3. The molecular formula is C19H32Cl2N4O. The minimum absolute atomic E-state index is 0. The second kappa shape index (κ2) is 11.7. The molecule has 1 N–H and O–H groups in total. The van der Waals surface area contributed by atoms with Crippen molar-refractivity contribution in [2.45, 2.75) is 19.8 Å². The zero-order chi connectivity index (χ0) is 16.8. The van der Waals surface area contributed by atoms with Gasteiger partial charge < -0.3 is 15.1 Å². The average molecular weight is 403 g/mol. The molecular weight excluding hydrogens is 371 g/mol. The van der Waals surface area contributed by atoms with Gasteiger partial charge in [0, 0.05) is 64.5 Å². The Kier molecular flexibility index (Phi) is 10.3. The van der Waals surface area contributed by atoms with Gasteiger partial charge in [0.15, 0.2) is 0 Å². The van der Waals surface area contributed by atoms with E-state index < -0.39 is 0 Å². The zero-order valence-electron chi connectivity index (χ0n) is 15.7. The molecule has 1 aromatic carbocycles. The minimum Gasteiger partial charge on any atom is -0.369 e. The van der Waals surface area contributed by atoms with E-state index in [-0.39, 0.29) is 24.8 Å². The number of hydrogen-bond donors (Lipinski definition) is 1. The smallest absolute Gasteiger partial charge is 0.223 e. The fourth-order valence-corrected chi connectivity index (χ4v) is 3.56. The summed E-state index contributed by atoms with van der Waals surface area (Å²) in [6, 6.07) is 8.72. The van der Waals surface area contributed by atoms with Gasteiger partial charge in [-0.2, -0.15) is 0 Å². The van der Waals surface area contributed by atoms with E-state index in [4.69, 9.17) is 0 Å². The predicted octanol–water partition coefficient (Wildman–Crippen LogP) is 2.17. The third-order valence-electron chi connectivity index (χ3n) is 5.07. The van der Waals surface area contributed by atoms with Gasteiger partial charge in [0.1, 0.15) is 0 Å². The molecule has 2 heterocycles. The number of carbonyl (C=O) groups excluding carboxylic acids is 1. The molecule has 0 aliphatic carbocycles. The number of amides is 1. The molecule has 0 bridgehead atoms. The first-order chi connectivity index (χ1) is 11.7. The standard InChI is InChI=1S/C19H30N4O.2ClH/c1-17-4-2-5-18(16-17)22-14-12-21(13-15-22)10-6-19(24)23-9-3-7-20-8-11-23;;/h2,4-5,16,20H,3,6-15H2,1H3;2*1H. The van der Waals surface area contributed by atoms with Crippen LogP contribution < -0.4 is 10.2 Å². The number of anilines is 1. The number of nitrogens with zero attached hydrogens (tertiary/aromatic N) is 3. The SMILES string of the molecule is Cc1cccc(N2CCN(CCC(=O)N3CCCNCC3)CC2)c1.Cl.Cl. The van der Waals surface area contributed by atoms with Crippen LogP contribution in [0.25, 0.3) is 0 Å². The van der Waals surface area contributed by atoms with Gasteiger partial charge in [-0.05, 0) is 37.6 Å². The van der Waals surface area contributed by atoms with Gasteiger partial charge in [0.25, 0.3) is 0 Å². The second-order valence-corrected chi connectivity index (χ2v) is 6.90. The number of hydrogen-bond acceptors (Lipinski definition) is 4. The molecule has 0 unspecified atom stereocenters. The third-order valence-corrected chi connectivity index (χ3v) is 5.07. The van der Waals surface area contributed by atoms with Gasteiger partial charge >= 0.3 is 0 Å². The Balaban J connectivity index is 0.00000169. The molecule has 3 rings (SSSR count). The van der Waals surface area contributed by atoms with Crippen molar-refractivity contribution in [3.8, 4) is 0 Å². The summed E-state index contributed by atoms with van der Waals surface area (Å²) in [6.07, 6.45) is 1.73. The van der Waals surface area contributed by atoms with Crippen molar-refractivity contribution in [1.29, 1.82) is 0 Å². The van der Waals surface area contributed by atoms with Crippen LogP contribution in [0, 0.1) is 6.92 Å². The molecule has 0 saturated carbocycles. The molecule has 1 amide bonds. The lowest BCUT2D eigenvalue weighted by Gasteiger charge is -2.36. The summed E-state index contributed by atoms with van der Waals surface area (Å²) in [5, 5.41) is 3.35. The van der Waals surface area contributed by atoms with Crippen LogP contribution in [-0.2, 0) is 4.79 Å². The molecule has 2 saturated heterocycles. The molecule has 0 spiro atoms. The van der Waals surface area contributed by atoms with Crippen LogP contribution in [0.4, 0.5) is 5.69 Å². The molecule has 0 aromatic heterocycles. The van der Waals surface area contributed by atoms with Crippen LogP contribution in [0.2, 0.25) is 0 Å². The molecule has 0 radical (unpaired) electrons. The lowest BCUT2D eigenvalue weighted by molar-refractivity contribution is -0.131. The molecule has 2 aliphatic heterocycles. The van der Waals surface area contributed by atoms with Crippen molar-refractivity contribution in [2.24, 2.45) is 0 Å². The molecule has 7 heteroatoms. The Labute approximate surface area is 169 Å². The first kappa shape index (κ1) is 23.0. The maximum absolute atomic E-state index is 12.4. The first-order valence-electron chi connectivity index (χ1n) is 9.25. The van der Waals surface area contributed by atoms with Gasteiger partial charge in [-0.25, -0.2) is 0 Å². The summed E-state index contributed by atoms with van der Waals surface area (Å²) in [4.78, 5) is 19.3. The van der Waals surface area contributed by atoms with E-state index >= 15 is 0 Å². The quantitative estimate of drug-likeness (QED) is 0.837. The monoisotopic (exact) mass is 402 g/mol. The summed E-state index contributed by atoms with van der Waals surface area (Å²) in [5.41, 5.74) is 2.63. The van der Waals surface area contributed by atoms with Crippen LogP contribution in [0.3, 0.4) is 0 Å². The molecule has 5 nitrogen and oxygen atoms in total. The maximum atomic E-state index is 12.4. The van der Waals surface area contributed by atoms with E-state index in [9.17, 15) is 4.79 Å². The largest absolute Gasteiger partial charge is 0.369 e. The van der Waals surface area contributed by atoms with E-state index in [0.717, 1.165) is 65.3 Å². The van der Waals surface area contributed by atoms with E-state index in [1.807, 2.05) is 4.90 Å². The van der Waals surface area contributed by atoms with Crippen molar-refractivity contribution >= 4 is 36.4 Å². The highest BCUT2D eigenvalue weighted by atomic mass is 35.5. The summed E-state index contributed by atoms with van der Waals surface area (Å²) >= 11 is 0. The first-order valence-corrected chi connectivity index (χ1v) is 9.25. The summed E-state index contributed by atoms with van der Waals surface area (Å²) in [5.74, 6) is 0.319. The highest BCUT2D eigenvalue weighted by molar-refractivity contribution is 5.85. The van der Waals surface area contributed by atoms with Crippen molar-refractivity contribution in [3.05, 3.63) is 29.8 Å². The van der Waals surface area contributed by atoms with Crippen molar-refractivity contribution < 1.29 is 4.79 Å². The van der Waals surface area contributed by atoms with Gasteiger partial charge in [-0.1, -0.05) is 12.1 Å². The number of rotatable bonds is 4. The van der Waals surface area contributed by atoms with Crippen molar-refractivity contribution in [3.63, 3.8) is 0 Å². The number of aryl methyl sites for hydroxylation is 1. The third kappa shape index (κ3) is 6.62. The normalized spacial score (nSPS) is 18.5. The highest BCUT2D eigenvalue weighted by Gasteiger charge is 2.20. The lowest BCUT2D eigenvalue weighted by Crippen LogP contribution is -2.47. The van der Waals surface area contributed by atoms with Gasteiger partial charge in [-0.3, -0.25) is 9.69 Å². The summed E-state index contributed by atoms with van der Waals surface area (Å²) in [6.45, 7) is 11.0. The Hall–Kier alpha value is -1.01. The molecule has 1 aromatic rings. The van der Waals surface area contributed by atoms with Gasteiger partial charge in [0.05, 0.1) is 0 Å². The van der Waals surface area contributed by atoms with E-state index in [1.165, 1.54) is 11.3 Å². The molecule has 26 heavy (non-hydrogen) atoms. The number of nitrogens with one attached hydrogen (secondary N) is 1. The topological polar surface area (TPSA) is 38.8 Å². The number of benzene rings is 1. The fraction of sp³-hybridized carbons (Fsp3) is 0.632. The highest BCUT2D eigenvalue weighted by Crippen LogP contribution is 2.17. The number of piperazine rings is 1. The minimum atomic E-state index is 0. The average Bonchev–Trinajstić information content (AvgIpc) is 2.89. The lowest BCUT2D eigenvalue weighted by atomic mass is 10.2. The van der Waals surface area contributed by atoms with Crippen LogP contribution in [0.1, 0.15) is 18.4 Å². The number of carbonyl (C=O) groups is 1. The Morgan fingerprint density at radius 2 is 1.81 bits per heavy atom. The summed E-state index contributed by atoms with van der Waals surface area (Å²) in [7, 11) is 0. The van der Waals surface area contributed by atoms with Crippen LogP contribution in [0.5, 0.6) is 0 Å². The number of halogens is 2. The predicted molar refractivity (Wildman–Crippen MR) is 113 cm³/mol. The van der Waals surface area contributed by atoms with Gasteiger partial charge in [-0.15, -0.1) is 24.8 Å². The Morgan fingerprint density at radius 1 is 1.04 bits per heavy atom. The maximum Gasteiger partial charge on any atom is 0.223 e.